The number of rotatable bonds is 4. The lowest BCUT2D eigenvalue weighted by molar-refractivity contribution is 0.357. The quantitative estimate of drug-likeness (QED) is 0.869. The van der Waals surface area contributed by atoms with E-state index in [-0.39, 0.29) is 11.4 Å². The summed E-state index contributed by atoms with van der Waals surface area (Å²) in [6.45, 7) is 4.43. The van der Waals surface area contributed by atoms with Crippen molar-refractivity contribution < 1.29 is 0 Å². The van der Waals surface area contributed by atoms with Crippen molar-refractivity contribution in [1.82, 2.24) is 9.97 Å². The van der Waals surface area contributed by atoms with E-state index in [0.29, 0.717) is 5.15 Å². The van der Waals surface area contributed by atoms with Crippen molar-refractivity contribution in [2.45, 2.75) is 26.7 Å². The molecule has 0 amide bonds. The van der Waals surface area contributed by atoms with Gasteiger partial charge in [-0.2, -0.15) is 0 Å². The third kappa shape index (κ3) is 4.21. The van der Waals surface area contributed by atoms with Crippen LogP contribution in [0.15, 0.2) is 36.4 Å². The van der Waals surface area contributed by atoms with Gasteiger partial charge >= 0.3 is 0 Å². The Balaban J connectivity index is 2.12. The van der Waals surface area contributed by atoms with E-state index in [9.17, 15) is 0 Å². The fraction of sp³-hybridized carbons (Fsp3) is 0.333. The van der Waals surface area contributed by atoms with E-state index in [0.717, 1.165) is 18.5 Å². The standard InChI is InChI=1S/C15H18ClN3/c1-15(2,9-11-6-4-3-5-7-11)10-12-8-13(16)19-14(17)18-12/h3-8H,9-10H2,1-2H3,(H2,17,18,19). The highest BCUT2D eigenvalue weighted by Gasteiger charge is 2.20. The van der Waals surface area contributed by atoms with Gasteiger partial charge in [0, 0.05) is 5.69 Å². The van der Waals surface area contributed by atoms with Crippen molar-refractivity contribution >= 4 is 17.5 Å². The van der Waals surface area contributed by atoms with Gasteiger partial charge < -0.3 is 5.73 Å². The second-order valence-electron chi connectivity index (χ2n) is 5.54. The van der Waals surface area contributed by atoms with Gasteiger partial charge in [-0.25, -0.2) is 9.97 Å². The maximum absolute atomic E-state index is 5.91. The zero-order chi connectivity index (χ0) is 13.9. The molecule has 0 bridgehead atoms. The first-order valence-electron chi connectivity index (χ1n) is 6.27. The number of nitrogens with two attached hydrogens (primary N) is 1. The van der Waals surface area contributed by atoms with Crippen LogP contribution in [-0.2, 0) is 12.8 Å². The first kappa shape index (κ1) is 13.8. The number of nitrogen functional groups attached to an aromatic ring is 1. The number of hydrogen-bond acceptors (Lipinski definition) is 3. The molecule has 2 aromatic rings. The highest BCUT2D eigenvalue weighted by molar-refractivity contribution is 6.29. The maximum atomic E-state index is 5.91. The van der Waals surface area contributed by atoms with Gasteiger partial charge in [0.25, 0.3) is 0 Å². The topological polar surface area (TPSA) is 51.8 Å². The Morgan fingerprint density at radius 2 is 1.79 bits per heavy atom. The van der Waals surface area contributed by atoms with Gasteiger partial charge in [-0.15, -0.1) is 0 Å². The zero-order valence-electron chi connectivity index (χ0n) is 11.2. The largest absolute Gasteiger partial charge is 0.368 e. The molecule has 0 fully saturated rings. The van der Waals surface area contributed by atoms with Crippen LogP contribution in [0.5, 0.6) is 0 Å². The molecule has 4 heteroatoms. The average Bonchev–Trinajstić information content (AvgIpc) is 2.27. The number of hydrogen-bond donors (Lipinski definition) is 1. The second-order valence-corrected chi connectivity index (χ2v) is 5.93. The number of halogens is 1. The average molecular weight is 276 g/mol. The minimum absolute atomic E-state index is 0.0888. The van der Waals surface area contributed by atoms with Gasteiger partial charge in [0.2, 0.25) is 5.95 Å². The smallest absolute Gasteiger partial charge is 0.221 e. The molecule has 0 aliphatic carbocycles. The summed E-state index contributed by atoms with van der Waals surface area (Å²) in [6, 6.07) is 12.2. The van der Waals surface area contributed by atoms with E-state index < -0.39 is 0 Å². The van der Waals surface area contributed by atoms with Crippen LogP contribution in [0.2, 0.25) is 5.15 Å². The molecule has 2 rings (SSSR count). The molecule has 1 aromatic heterocycles. The van der Waals surface area contributed by atoms with E-state index in [1.807, 2.05) is 6.07 Å². The van der Waals surface area contributed by atoms with Gasteiger partial charge in [0.1, 0.15) is 5.15 Å². The molecule has 0 aliphatic rings. The number of nitrogens with zero attached hydrogens (tertiary/aromatic N) is 2. The van der Waals surface area contributed by atoms with E-state index in [4.69, 9.17) is 17.3 Å². The van der Waals surface area contributed by atoms with Crippen molar-refractivity contribution in [3.63, 3.8) is 0 Å². The van der Waals surface area contributed by atoms with Crippen molar-refractivity contribution in [2.75, 3.05) is 5.73 Å². The molecule has 0 aliphatic heterocycles. The lowest BCUT2D eigenvalue weighted by atomic mass is 9.81. The van der Waals surface area contributed by atoms with Crippen LogP contribution in [0.3, 0.4) is 0 Å². The van der Waals surface area contributed by atoms with E-state index in [1.165, 1.54) is 5.56 Å². The van der Waals surface area contributed by atoms with E-state index in [2.05, 4.69) is 48.1 Å². The molecule has 0 saturated heterocycles. The summed E-state index contributed by atoms with van der Waals surface area (Å²) in [7, 11) is 0. The van der Waals surface area contributed by atoms with Crippen molar-refractivity contribution in [3.05, 3.63) is 52.8 Å². The minimum atomic E-state index is 0.0888. The summed E-state index contributed by atoms with van der Waals surface area (Å²) >= 11 is 5.91. The molecule has 3 nitrogen and oxygen atoms in total. The first-order valence-corrected chi connectivity index (χ1v) is 6.65. The van der Waals surface area contributed by atoms with E-state index in [1.54, 1.807) is 6.07 Å². The molecule has 0 unspecified atom stereocenters. The minimum Gasteiger partial charge on any atom is -0.368 e. The summed E-state index contributed by atoms with van der Waals surface area (Å²) in [4.78, 5) is 8.12. The monoisotopic (exact) mass is 275 g/mol. The molecule has 100 valence electrons. The van der Waals surface area contributed by atoms with Crippen molar-refractivity contribution in [2.24, 2.45) is 5.41 Å². The Hall–Kier alpha value is -1.61. The predicted molar refractivity (Wildman–Crippen MR) is 79.1 cm³/mol. The number of anilines is 1. The van der Waals surface area contributed by atoms with Crippen LogP contribution in [-0.4, -0.2) is 9.97 Å². The predicted octanol–water partition coefficient (Wildman–Crippen LogP) is 3.52. The highest BCUT2D eigenvalue weighted by Crippen LogP contribution is 2.26. The summed E-state index contributed by atoms with van der Waals surface area (Å²) < 4.78 is 0. The van der Waals surface area contributed by atoms with Gasteiger partial charge in [-0.05, 0) is 29.9 Å². The summed E-state index contributed by atoms with van der Waals surface area (Å²) in [5.41, 5.74) is 7.92. The van der Waals surface area contributed by atoms with Gasteiger partial charge in [0.15, 0.2) is 0 Å². The Morgan fingerprint density at radius 3 is 2.42 bits per heavy atom. The summed E-state index contributed by atoms with van der Waals surface area (Å²) in [5, 5.41) is 0.401. The third-order valence-corrected chi connectivity index (χ3v) is 3.14. The molecular formula is C15H18ClN3. The van der Waals surface area contributed by atoms with Gasteiger partial charge in [-0.3, -0.25) is 0 Å². The third-order valence-electron chi connectivity index (χ3n) is 2.95. The number of benzene rings is 1. The number of aromatic nitrogens is 2. The van der Waals surface area contributed by atoms with Crippen LogP contribution >= 0.6 is 11.6 Å². The molecular weight excluding hydrogens is 258 g/mol. The molecule has 0 spiro atoms. The Kier molecular flexibility index (Phi) is 4.05. The fourth-order valence-electron chi connectivity index (χ4n) is 2.28. The van der Waals surface area contributed by atoms with Crippen LogP contribution < -0.4 is 5.73 Å². The van der Waals surface area contributed by atoms with Gasteiger partial charge in [-0.1, -0.05) is 55.8 Å². The molecule has 19 heavy (non-hydrogen) atoms. The molecule has 0 saturated carbocycles. The van der Waals surface area contributed by atoms with Gasteiger partial charge in [0.05, 0.1) is 0 Å². The fourth-order valence-corrected chi connectivity index (χ4v) is 2.49. The molecule has 0 atom stereocenters. The zero-order valence-corrected chi connectivity index (χ0v) is 12.0. The van der Waals surface area contributed by atoms with Crippen LogP contribution in [0.4, 0.5) is 5.95 Å². The maximum Gasteiger partial charge on any atom is 0.221 e. The van der Waals surface area contributed by atoms with Crippen LogP contribution in [0.1, 0.15) is 25.1 Å². The molecule has 0 radical (unpaired) electrons. The van der Waals surface area contributed by atoms with Crippen molar-refractivity contribution in [3.8, 4) is 0 Å². The second kappa shape index (κ2) is 5.57. The van der Waals surface area contributed by atoms with Crippen LogP contribution in [0.25, 0.3) is 0 Å². The van der Waals surface area contributed by atoms with Crippen molar-refractivity contribution in [1.29, 1.82) is 0 Å². The molecule has 1 heterocycles. The molecule has 1 aromatic carbocycles. The Morgan fingerprint density at radius 1 is 1.11 bits per heavy atom. The Labute approximate surface area is 118 Å². The first-order chi connectivity index (χ1) is 8.94. The van der Waals surface area contributed by atoms with Crippen LogP contribution in [0, 0.1) is 5.41 Å². The SMILES string of the molecule is CC(C)(Cc1ccccc1)Cc1cc(Cl)nc(N)n1. The molecule has 2 N–H and O–H groups in total. The van der Waals surface area contributed by atoms with E-state index >= 15 is 0 Å². The lowest BCUT2D eigenvalue weighted by Gasteiger charge is -2.24. The summed E-state index contributed by atoms with van der Waals surface area (Å²) in [6.07, 6.45) is 1.80. The highest BCUT2D eigenvalue weighted by atomic mass is 35.5. The normalized spacial score (nSPS) is 11.5. The lowest BCUT2D eigenvalue weighted by Crippen LogP contribution is -2.19. The Bertz CT molecular complexity index is 532. The summed E-state index contributed by atoms with van der Waals surface area (Å²) in [5.74, 6) is 0.234.